The molecule has 4 N–H and O–H groups in total. The number of halogens is 3. The summed E-state index contributed by atoms with van der Waals surface area (Å²) >= 11 is 0. The molecule has 0 spiro atoms. The second-order valence-corrected chi connectivity index (χ2v) is 4.70. The maximum atomic E-state index is 12.6. The van der Waals surface area contributed by atoms with Crippen molar-refractivity contribution in [3.63, 3.8) is 0 Å². The first-order valence-electron chi connectivity index (χ1n) is 6.44. The first kappa shape index (κ1) is 15.3. The van der Waals surface area contributed by atoms with Gasteiger partial charge in [0, 0.05) is 0 Å². The molecule has 2 rings (SSSR count). The molecule has 0 aliphatic carbocycles. The van der Waals surface area contributed by atoms with Gasteiger partial charge >= 0.3 is 6.18 Å². The molecule has 0 bridgehead atoms. The summed E-state index contributed by atoms with van der Waals surface area (Å²) in [5, 5.41) is 2.46. The highest BCUT2D eigenvalue weighted by Crippen LogP contribution is 2.31. The lowest BCUT2D eigenvalue weighted by molar-refractivity contribution is -0.137. The van der Waals surface area contributed by atoms with Crippen LogP contribution in [0, 0.1) is 0 Å². The third-order valence-corrected chi connectivity index (χ3v) is 2.99. The number of hydrogen-bond acceptors (Lipinski definition) is 3. The van der Waals surface area contributed by atoms with Crippen LogP contribution in [0.15, 0.2) is 18.2 Å². The summed E-state index contributed by atoms with van der Waals surface area (Å²) in [6, 6.07) is 2.46. The van der Waals surface area contributed by atoms with E-state index in [9.17, 15) is 18.0 Å². The van der Waals surface area contributed by atoms with Gasteiger partial charge in [0.1, 0.15) is 0 Å². The van der Waals surface area contributed by atoms with Gasteiger partial charge in [0.2, 0.25) is 11.9 Å². The number of hydrogen-bond donors (Lipinski definition) is 3. The Labute approximate surface area is 118 Å². The summed E-state index contributed by atoms with van der Waals surface area (Å²) in [6.45, 7) is 1.90. The topological polar surface area (TPSA) is 83.8 Å². The van der Waals surface area contributed by atoms with Crippen LogP contribution in [0.2, 0.25) is 0 Å². The number of imidazole rings is 1. The molecule has 1 atom stereocenters. The summed E-state index contributed by atoms with van der Waals surface area (Å²) in [4.78, 5) is 18.4. The first-order valence-corrected chi connectivity index (χ1v) is 6.44. The Morgan fingerprint density at radius 3 is 2.81 bits per heavy atom. The number of fused-ring (bicyclic) bond motifs is 1. The van der Waals surface area contributed by atoms with Gasteiger partial charge in [-0.15, -0.1) is 0 Å². The molecule has 1 heterocycles. The number of nitrogens with two attached hydrogens (primary N) is 1. The number of amides is 1. The monoisotopic (exact) mass is 300 g/mol. The Hall–Kier alpha value is -2.09. The van der Waals surface area contributed by atoms with Gasteiger partial charge in [-0.3, -0.25) is 10.1 Å². The third-order valence-electron chi connectivity index (χ3n) is 2.99. The number of rotatable bonds is 4. The molecule has 1 amide bonds. The summed E-state index contributed by atoms with van der Waals surface area (Å²) in [5.41, 5.74) is 5.40. The Kier molecular flexibility index (Phi) is 4.17. The van der Waals surface area contributed by atoms with E-state index in [1.165, 1.54) is 6.07 Å². The van der Waals surface area contributed by atoms with Crippen LogP contribution in [0.4, 0.5) is 19.1 Å². The Balaban J connectivity index is 2.21. The van der Waals surface area contributed by atoms with Crippen molar-refractivity contribution in [2.24, 2.45) is 5.73 Å². The molecule has 1 aromatic heterocycles. The first-order chi connectivity index (χ1) is 9.81. The molecule has 2 aromatic rings. The van der Waals surface area contributed by atoms with Crippen molar-refractivity contribution in [1.29, 1.82) is 0 Å². The van der Waals surface area contributed by atoms with Crippen molar-refractivity contribution >= 4 is 22.9 Å². The summed E-state index contributed by atoms with van der Waals surface area (Å²) in [6.07, 6.45) is -3.15. The number of nitrogens with one attached hydrogen (secondary N) is 2. The van der Waals surface area contributed by atoms with Crippen LogP contribution < -0.4 is 11.1 Å². The largest absolute Gasteiger partial charge is 0.416 e. The number of carbonyl (C=O) groups excluding carboxylic acids is 1. The van der Waals surface area contributed by atoms with Gasteiger partial charge in [0.15, 0.2) is 0 Å². The average Bonchev–Trinajstić information content (AvgIpc) is 2.78. The van der Waals surface area contributed by atoms with Crippen LogP contribution in [0.1, 0.15) is 25.3 Å². The molecule has 5 nitrogen and oxygen atoms in total. The minimum atomic E-state index is -4.42. The van der Waals surface area contributed by atoms with Crippen LogP contribution in [0.25, 0.3) is 11.0 Å². The maximum absolute atomic E-state index is 12.6. The highest BCUT2D eigenvalue weighted by molar-refractivity contribution is 5.94. The van der Waals surface area contributed by atoms with E-state index in [-0.39, 0.29) is 11.5 Å². The second kappa shape index (κ2) is 5.72. The maximum Gasteiger partial charge on any atom is 0.416 e. The molecule has 0 aliphatic heterocycles. The molecule has 8 heteroatoms. The van der Waals surface area contributed by atoms with Gasteiger partial charge in [-0.1, -0.05) is 13.3 Å². The van der Waals surface area contributed by atoms with Crippen molar-refractivity contribution in [3.05, 3.63) is 23.8 Å². The zero-order chi connectivity index (χ0) is 15.6. The molecule has 0 radical (unpaired) electrons. The van der Waals surface area contributed by atoms with Gasteiger partial charge in [-0.25, -0.2) is 4.98 Å². The van der Waals surface area contributed by atoms with Gasteiger partial charge in [-0.2, -0.15) is 13.2 Å². The Bertz CT molecular complexity index is 650. The molecule has 0 saturated heterocycles. The normalized spacial score (nSPS) is 13.4. The van der Waals surface area contributed by atoms with E-state index in [1.807, 2.05) is 6.92 Å². The van der Waals surface area contributed by atoms with E-state index >= 15 is 0 Å². The smallest absolute Gasteiger partial charge is 0.324 e. The number of nitrogens with zero attached hydrogens (tertiary/aromatic N) is 1. The van der Waals surface area contributed by atoms with Crippen LogP contribution >= 0.6 is 0 Å². The molecule has 1 unspecified atom stereocenters. The number of H-pyrrole nitrogens is 1. The number of anilines is 1. The standard InChI is InChI=1S/C13H15F3N4O/c1-2-3-8(17)11(21)20-12-18-9-5-4-7(13(14,15)16)6-10(9)19-12/h4-6,8H,2-3,17H2,1H3,(H2,18,19,20,21). The molecule has 0 aliphatic rings. The summed E-state index contributed by atoms with van der Waals surface area (Å²) in [5.74, 6) is -0.340. The number of benzene rings is 1. The SMILES string of the molecule is CCCC(N)C(=O)Nc1nc2ccc(C(F)(F)F)cc2[nH]1. The second-order valence-electron chi connectivity index (χ2n) is 4.70. The lowest BCUT2D eigenvalue weighted by Gasteiger charge is -2.08. The lowest BCUT2D eigenvalue weighted by Crippen LogP contribution is -2.35. The fourth-order valence-corrected chi connectivity index (χ4v) is 1.90. The van der Waals surface area contributed by atoms with Crippen LogP contribution in [0.3, 0.4) is 0 Å². The van der Waals surface area contributed by atoms with E-state index in [1.54, 1.807) is 0 Å². The molecule has 0 saturated carbocycles. The van der Waals surface area contributed by atoms with E-state index < -0.39 is 23.7 Å². The predicted molar refractivity (Wildman–Crippen MR) is 72.6 cm³/mol. The highest BCUT2D eigenvalue weighted by Gasteiger charge is 2.30. The van der Waals surface area contributed by atoms with E-state index in [0.29, 0.717) is 11.9 Å². The molecule has 114 valence electrons. The van der Waals surface area contributed by atoms with Gasteiger partial charge in [0.25, 0.3) is 0 Å². The van der Waals surface area contributed by atoms with Crippen molar-refractivity contribution in [2.45, 2.75) is 32.0 Å². The summed E-state index contributed by atoms with van der Waals surface area (Å²) in [7, 11) is 0. The van der Waals surface area contributed by atoms with E-state index in [4.69, 9.17) is 5.73 Å². The van der Waals surface area contributed by atoms with Crippen molar-refractivity contribution in [1.82, 2.24) is 9.97 Å². The van der Waals surface area contributed by atoms with Gasteiger partial charge in [0.05, 0.1) is 22.6 Å². The molecule has 21 heavy (non-hydrogen) atoms. The zero-order valence-electron chi connectivity index (χ0n) is 11.3. The van der Waals surface area contributed by atoms with Crippen LogP contribution in [-0.4, -0.2) is 21.9 Å². The van der Waals surface area contributed by atoms with Crippen molar-refractivity contribution < 1.29 is 18.0 Å². The minimum absolute atomic E-state index is 0.0841. The summed E-state index contributed by atoms with van der Waals surface area (Å²) < 4.78 is 37.8. The Morgan fingerprint density at radius 2 is 2.19 bits per heavy atom. The fraction of sp³-hybridized carbons (Fsp3) is 0.385. The van der Waals surface area contributed by atoms with E-state index in [2.05, 4.69) is 15.3 Å². The average molecular weight is 300 g/mol. The lowest BCUT2D eigenvalue weighted by atomic mass is 10.2. The van der Waals surface area contributed by atoms with Crippen LogP contribution in [-0.2, 0) is 11.0 Å². The Morgan fingerprint density at radius 1 is 1.48 bits per heavy atom. The highest BCUT2D eigenvalue weighted by atomic mass is 19.4. The zero-order valence-corrected chi connectivity index (χ0v) is 11.3. The quantitative estimate of drug-likeness (QED) is 0.811. The van der Waals surface area contributed by atoms with Crippen LogP contribution in [0.5, 0.6) is 0 Å². The minimum Gasteiger partial charge on any atom is -0.324 e. The fourth-order valence-electron chi connectivity index (χ4n) is 1.90. The molecular weight excluding hydrogens is 285 g/mol. The predicted octanol–water partition coefficient (Wildman–Crippen LogP) is 2.65. The number of aromatic amines is 1. The van der Waals surface area contributed by atoms with Gasteiger partial charge < -0.3 is 10.7 Å². The number of aromatic nitrogens is 2. The third kappa shape index (κ3) is 3.52. The van der Waals surface area contributed by atoms with Gasteiger partial charge in [-0.05, 0) is 24.6 Å². The van der Waals surface area contributed by atoms with Crippen molar-refractivity contribution in [3.8, 4) is 0 Å². The van der Waals surface area contributed by atoms with Crippen molar-refractivity contribution in [2.75, 3.05) is 5.32 Å². The van der Waals surface area contributed by atoms with E-state index in [0.717, 1.165) is 18.6 Å². The molecule has 0 fully saturated rings. The molecular formula is C13H15F3N4O. The molecule has 1 aromatic carbocycles. The number of carbonyl (C=O) groups is 1. The number of alkyl halides is 3.